The number of aliphatic carboxylic acids is 1. The number of hydrogen-bond acceptors (Lipinski definition) is 1. The van der Waals surface area contributed by atoms with Gasteiger partial charge in [0.2, 0.25) is 0 Å². The van der Waals surface area contributed by atoms with Crippen LogP contribution in [0.3, 0.4) is 0 Å². The minimum absolute atomic E-state index is 0.176. The maximum atomic E-state index is 10.9. The molecule has 2 unspecified atom stereocenters. The lowest BCUT2D eigenvalue weighted by Crippen LogP contribution is -2.21. The van der Waals surface area contributed by atoms with E-state index < -0.39 is 5.97 Å². The first kappa shape index (κ1) is 12.2. The van der Waals surface area contributed by atoms with E-state index in [2.05, 4.69) is 6.58 Å². The van der Waals surface area contributed by atoms with Gasteiger partial charge in [-0.3, -0.25) is 4.79 Å². The third-order valence-electron chi connectivity index (χ3n) is 2.57. The Morgan fingerprint density at radius 1 is 1.62 bits per heavy atom. The van der Waals surface area contributed by atoms with Crippen molar-refractivity contribution in [2.24, 2.45) is 11.8 Å². The third kappa shape index (κ3) is 4.71. The molecule has 0 saturated carbocycles. The lowest BCUT2D eigenvalue weighted by Gasteiger charge is -2.17. The molecule has 0 bridgehead atoms. The molecule has 0 fully saturated rings. The quantitative estimate of drug-likeness (QED) is 0.487. The van der Waals surface area contributed by atoms with Gasteiger partial charge in [0.15, 0.2) is 0 Å². The van der Waals surface area contributed by atoms with Crippen molar-refractivity contribution in [1.29, 1.82) is 0 Å². The van der Waals surface area contributed by atoms with E-state index in [9.17, 15) is 4.79 Å². The van der Waals surface area contributed by atoms with Crippen molar-refractivity contribution < 1.29 is 9.90 Å². The largest absolute Gasteiger partial charge is 0.481 e. The lowest BCUT2D eigenvalue weighted by molar-refractivity contribution is -0.143. The Morgan fingerprint density at radius 2 is 2.23 bits per heavy atom. The Hall–Kier alpha value is -0.790. The highest BCUT2D eigenvalue weighted by Crippen LogP contribution is 2.21. The van der Waals surface area contributed by atoms with Crippen molar-refractivity contribution in [2.45, 2.75) is 39.5 Å². The minimum Gasteiger partial charge on any atom is -0.481 e. The molecule has 1 N–H and O–H groups in total. The van der Waals surface area contributed by atoms with Crippen molar-refractivity contribution in [1.82, 2.24) is 0 Å². The number of carboxylic acid groups (broad SMARTS) is 1. The first-order chi connectivity index (χ1) is 6.13. The predicted molar refractivity (Wildman–Crippen MR) is 54.6 cm³/mol. The Bertz CT molecular complexity index is 163. The second kappa shape index (κ2) is 6.70. The molecule has 2 atom stereocenters. The Balaban J connectivity index is 3.94. The zero-order valence-corrected chi connectivity index (χ0v) is 8.62. The summed E-state index contributed by atoms with van der Waals surface area (Å²) in [5.41, 5.74) is 0. The average Bonchev–Trinajstić information content (AvgIpc) is 2.11. The third-order valence-corrected chi connectivity index (χ3v) is 2.57. The molecule has 0 aliphatic heterocycles. The molecule has 0 amide bonds. The SMILES string of the molecule is C=CCCCC(C(=O)O)C(C)CC. The van der Waals surface area contributed by atoms with Crippen LogP contribution in [0, 0.1) is 11.8 Å². The number of rotatable bonds is 7. The van der Waals surface area contributed by atoms with Gasteiger partial charge in [-0.2, -0.15) is 0 Å². The van der Waals surface area contributed by atoms with Gasteiger partial charge in [-0.25, -0.2) is 0 Å². The van der Waals surface area contributed by atoms with Gasteiger partial charge in [-0.15, -0.1) is 6.58 Å². The van der Waals surface area contributed by atoms with Crippen LogP contribution in [0.4, 0.5) is 0 Å². The van der Waals surface area contributed by atoms with E-state index >= 15 is 0 Å². The molecule has 2 heteroatoms. The highest BCUT2D eigenvalue weighted by molar-refractivity contribution is 5.70. The molecular formula is C11H20O2. The second-order valence-electron chi connectivity index (χ2n) is 3.55. The lowest BCUT2D eigenvalue weighted by atomic mass is 9.87. The van der Waals surface area contributed by atoms with E-state index in [1.54, 1.807) is 0 Å². The van der Waals surface area contributed by atoms with E-state index in [-0.39, 0.29) is 11.8 Å². The van der Waals surface area contributed by atoms with Crippen molar-refractivity contribution >= 4 is 5.97 Å². The Kier molecular flexibility index (Phi) is 6.29. The predicted octanol–water partition coefficient (Wildman–Crippen LogP) is 3.09. The maximum absolute atomic E-state index is 10.9. The van der Waals surface area contributed by atoms with Crippen LogP contribution in [0.25, 0.3) is 0 Å². The van der Waals surface area contributed by atoms with E-state index in [0.29, 0.717) is 0 Å². The summed E-state index contributed by atoms with van der Waals surface area (Å²) < 4.78 is 0. The molecular weight excluding hydrogens is 164 g/mol. The van der Waals surface area contributed by atoms with Gasteiger partial charge in [-0.05, 0) is 25.2 Å². The van der Waals surface area contributed by atoms with E-state index in [1.165, 1.54) is 0 Å². The molecule has 0 spiro atoms. The van der Waals surface area contributed by atoms with Crippen LogP contribution >= 0.6 is 0 Å². The van der Waals surface area contributed by atoms with Crippen LogP contribution in [0.15, 0.2) is 12.7 Å². The number of carboxylic acids is 1. The van der Waals surface area contributed by atoms with Crippen molar-refractivity contribution in [3.05, 3.63) is 12.7 Å². The summed E-state index contributed by atoms with van der Waals surface area (Å²) in [4.78, 5) is 10.9. The zero-order chi connectivity index (χ0) is 10.3. The van der Waals surface area contributed by atoms with E-state index in [0.717, 1.165) is 25.7 Å². The molecule has 76 valence electrons. The fourth-order valence-corrected chi connectivity index (χ4v) is 1.42. The molecule has 0 radical (unpaired) electrons. The Labute approximate surface area is 80.7 Å². The second-order valence-corrected chi connectivity index (χ2v) is 3.55. The van der Waals surface area contributed by atoms with Crippen LogP contribution in [0.1, 0.15) is 39.5 Å². The first-order valence-corrected chi connectivity index (χ1v) is 4.97. The van der Waals surface area contributed by atoms with Gasteiger partial charge in [0, 0.05) is 0 Å². The summed E-state index contributed by atoms with van der Waals surface area (Å²) in [5, 5.41) is 8.95. The van der Waals surface area contributed by atoms with Gasteiger partial charge < -0.3 is 5.11 Å². The summed E-state index contributed by atoms with van der Waals surface area (Å²) in [6, 6.07) is 0. The molecule has 0 aromatic heterocycles. The van der Waals surface area contributed by atoms with E-state index in [1.807, 2.05) is 19.9 Å². The van der Waals surface area contributed by atoms with Crippen molar-refractivity contribution in [2.75, 3.05) is 0 Å². The van der Waals surface area contributed by atoms with Crippen LogP contribution in [-0.4, -0.2) is 11.1 Å². The van der Waals surface area contributed by atoms with E-state index in [4.69, 9.17) is 5.11 Å². The van der Waals surface area contributed by atoms with Gasteiger partial charge in [-0.1, -0.05) is 26.3 Å². The monoisotopic (exact) mass is 184 g/mol. The summed E-state index contributed by atoms with van der Waals surface area (Å²) in [6.07, 6.45) is 5.40. The standard InChI is InChI=1S/C11H20O2/c1-4-6-7-8-10(11(12)13)9(3)5-2/h4,9-10H,1,5-8H2,2-3H3,(H,12,13). The van der Waals surface area contributed by atoms with Crippen LogP contribution in [0.5, 0.6) is 0 Å². The molecule has 13 heavy (non-hydrogen) atoms. The Morgan fingerprint density at radius 3 is 2.62 bits per heavy atom. The number of carbonyl (C=O) groups is 1. The van der Waals surface area contributed by atoms with Crippen LogP contribution in [0.2, 0.25) is 0 Å². The fourth-order valence-electron chi connectivity index (χ4n) is 1.42. The molecule has 0 rings (SSSR count). The summed E-state index contributed by atoms with van der Waals surface area (Å²) in [7, 11) is 0. The number of unbranched alkanes of at least 4 members (excludes halogenated alkanes) is 1. The smallest absolute Gasteiger partial charge is 0.306 e. The van der Waals surface area contributed by atoms with Gasteiger partial charge >= 0.3 is 5.97 Å². The highest BCUT2D eigenvalue weighted by atomic mass is 16.4. The molecule has 0 aromatic carbocycles. The molecule has 0 saturated heterocycles. The van der Waals surface area contributed by atoms with Gasteiger partial charge in [0.1, 0.15) is 0 Å². The zero-order valence-electron chi connectivity index (χ0n) is 8.62. The molecule has 0 aliphatic rings. The normalized spacial score (nSPS) is 14.9. The molecule has 2 nitrogen and oxygen atoms in total. The summed E-state index contributed by atoms with van der Waals surface area (Å²) in [5.74, 6) is -0.550. The maximum Gasteiger partial charge on any atom is 0.306 e. The highest BCUT2D eigenvalue weighted by Gasteiger charge is 2.22. The summed E-state index contributed by atoms with van der Waals surface area (Å²) in [6.45, 7) is 7.66. The van der Waals surface area contributed by atoms with Gasteiger partial charge in [0.05, 0.1) is 5.92 Å². The van der Waals surface area contributed by atoms with Gasteiger partial charge in [0.25, 0.3) is 0 Å². The summed E-state index contributed by atoms with van der Waals surface area (Å²) >= 11 is 0. The van der Waals surface area contributed by atoms with Crippen molar-refractivity contribution in [3.8, 4) is 0 Å². The number of allylic oxidation sites excluding steroid dienone is 1. The average molecular weight is 184 g/mol. The molecule has 0 aromatic rings. The molecule has 0 aliphatic carbocycles. The number of hydrogen-bond donors (Lipinski definition) is 1. The molecule has 0 heterocycles. The fraction of sp³-hybridized carbons (Fsp3) is 0.727. The minimum atomic E-state index is -0.654. The van der Waals surface area contributed by atoms with Crippen molar-refractivity contribution in [3.63, 3.8) is 0 Å². The van der Waals surface area contributed by atoms with Crippen LogP contribution < -0.4 is 0 Å². The topological polar surface area (TPSA) is 37.3 Å². The first-order valence-electron chi connectivity index (χ1n) is 4.97. The van der Waals surface area contributed by atoms with Crippen LogP contribution in [-0.2, 0) is 4.79 Å².